The Balaban J connectivity index is 2.13. The van der Waals surface area contributed by atoms with Crippen LogP contribution in [0.2, 0.25) is 0 Å². The van der Waals surface area contributed by atoms with Crippen molar-refractivity contribution >= 4 is 23.2 Å². The van der Waals surface area contributed by atoms with Crippen molar-refractivity contribution in [3.63, 3.8) is 0 Å². The maximum Gasteiger partial charge on any atom is 0.245 e. The van der Waals surface area contributed by atoms with Crippen molar-refractivity contribution < 1.29 is 14.3 Å². The van der Waals surface area contributed by atoms with Gasteiger partial charge in [0.15, 0.2) is 0 Å². The molecule has 1 atom stereocenters. The van der Waals surface area contributed by atoms with Gasteiger partial charge in [-0.05, 0) is 37.6 Å². The predicted molar refractivity (Wildman–Crippen MR) is 108 cm³/mol. The summed E-state index contributed by atoms with van der Waals surface area (Å²) in [7, 11) is 1.57. The SMILES string of the molecule is CCN(Cc1ccccc1)C(=O)[C@H](C)Nc1cc(NC(C)=O)ccc1OC. The molecule has 144 valence electrons. The van der Waals surface area contributed by atoms with Gasteiger partial charge in [0.25, 0.3) is 0 Å². The first kappa shape index (κ1) is 20.3. The van der Waals surface area contributed by atoms with Crippen LogP contribution in [0.3, 0.4) is 0 Å². The minimum Gasteiger partial charge on any atom is -0.495 e. The number of amides is 2. The molecule has 0 aromatic heterocycles. The molecule has 0 heterocycles. The van der Waals surface area contributed by atoms with Crippen molar-refractivity contribution in [2.45, 2.75) is 33.4 Å². The molecule has 2 amide bonds. The zero-order valence-corrected chi connectivity index (χ0v) is 16.3. The molecule has 0 bridgehead atoms. The number of carbonyl (C=O) groups is 2. The van der Waals surface area contributed by atoms with Crippen LogP contribution in [0, 0.1) is 0 Å². The number of anilines is 2. The van der Waals surface area contributed by atoms with Gasteiger partial charge in [-0.1, -0.05) is 30.3 Å². The first-order valence-corrected chi connectivity index (χ1v) is 8.99. The van der Waals surface area contributed by atoms with Crippen LogP contribution >= 0.6 is 0 Å². The lowest BCUT2D eigenvalue weighted by Gasteiger charge is -2.26. The molecular formula is C21H27N3O3. The van der Waals surface area contributed by atoms with E-state index in [1.54, 1.807) is 30.2 Å². The molecule has 0 aliphatic rings. The number of nitrogens with zero attached hydrogens (tertiary/aromatic N) is 1. The normalized spacial score (nSPS) is 11.4. The molecule has 2 N–H and O–H groups in total. The number of hydrogen-bond donors (Lipinski definition) is 2. The minimum atomic E-state index is -0.449. The van der Waals surface area contributed by atoms with E-state index in [2.05, 4.69) is 10.6 Å². The zero-order chi connectivity index (χ0) is 19.8. The molecule has 0 spiro atoms. The zero-order valence-electron chi connectivity index (χ0n) is 16.3. The summed E-state index contributed by atoms with van der Waals surface area (Å²) in [5, 5.41) is 5.94. The summed E-state index contributed by atoms with van der Waals surface area (Å²) >= 11 is 0. The minimum absolute atomic E-state index is 0.00617. The van der Waals surface area contributed by atoms with Gasteiger partial charge in [-0.15, -0.1) is 0 Å². The maximum atomic E-state index is 12.9. The fourth-order valence-electron chi connectivity index (χ4n) is 2.82. The highest BCUT2D eigenvalue weighted by Crippen LogP contribution is 2.28. The molecule has 0 aliphatic heterocycles. The van der Waals surface area contributed by atoms with Crippen molar-refractivity contribution in [1.29, 1.82) is 0 Å². The number of methoxy groups -OCH3 is 1. The van der Waals surface area contributed by atoms with Crippen molar-refractivity contribution in [1.82, 2.24) is 4.90 Å². The summed E-state index contributed by atoms with van der Waals surface area (Å²) in [6.07, 6.45) is 0. The van der Waals surface area contributed by atoms with E-state index in [9.17, 15) is 9.59 Å². The van der Waals surface area contributed by atoms with Crippen LogP contribution in [0.1, 0.15) is 26.3 Å². The van der Waals surface area contributed by atoms with Gasteiger partial charge in [-0.25, -0.2) is 0 Å². The molecule has 2 aromatic carbocycles. The highest BCUT2D eigenvalue weighted by Gasteiger charge is 2.21. The smallest absolute Gasteiger partial charge is 0.245 e. The van der Waals surface area contributed by atoms with Gasteiger partial charge in [0.2, 0.25) is 11.8 Å². The topological polar surface area (TPSA) is 70.7 Å². The molecule has 0 fully saturated rings. The Bertz CT molecular complexity index is 777. The summed E-state index contributed by atoms with van der Waals surface area (Å²) in [5.74, 6) is 0.443. The molecule has 0 aliphatic carbocycles. The number of hydrogen-bond acceptors (Lipinski definition) is 4. The summed E-state index contributed by atoms with van der Waals surface area (Å²) < 4.78 is 5.37. The standard InChI is InChI=1S/C21H27N3O3/c1-5-24(14-17-9-7-6-8-10-17)21(26)15(2)22-19-13-18(23-16(3)25)11-12-20(19)27-4/h6-13,15,22H,5,14H2,1-4H3,(H,23,25)/t15-/m0/s1. The second-order valence-corrected chi connectivity index (χ2v) is 6.30. The summed E-state index contributed by atoms with van der Waals surface area (Å²) in [6, 6.07) is 14.7. The third kappa shape index (κ3) is 5.74. The predicted octanol–water partition coefficient (Wildman–Crippen LogP) is 3.50. The van der Waals surface area contributed by atoms with Gasteiger partial charge in [-0.2, -0.15) is 0 Å². The molecule has 2 aromatic rings. The Kier molecular flexibility index (Phi) is 7.23. The molecule has 0 unspecified atom stereocenters. The van der Waals surface area contributed by atoms with E-state index >= 15 is 0 Å². The Morgan fingerprint density at radius 3 is 2.44 bits per heavy atom. The van der Waals surface area contributed by atoms with Crippen LogP contribution < -0.4 is 15.4 Å². The fourth-order valence-corrected chi connectivity index (χ4v) is 2.82. The van der Waals surface area contributed by atoms with Gasteiger partial charge in [0.1, 0.15) is 11.8 Å². The molecule has 0 saturated heterocycles. The maximum absolute atomic E-state index is 12.9. The average Bonchev–Trinajstić information content (AvgIpc) is 2.66. The number of rotatable bonds is 8. The second kappa shape index (κ2) is 9.62. The van der Waals surface area contributed by atoms with Crippen LogP contribution in [0.5, 0.6) is 5.75 Å². The summed E-state index contributed by atoms with van der Waals surface area (Å²) in [6.45, 7) is 6.41. The summed E-state index contributed by atoms with van der Waals surface area (Å²) in [5.41, 5.74) is 2.38. The van der Waals surface area contributed by atoms with E-state index in [0.717, 1.165) is 5.56 Å². The third-order valence-electron chi connectivity index (χ3n) is 4.17. The van der Waals surface area contributed by atoms with Crippen LogP contribution in [-0.2, 0) is 16.1 Å². The largest absolute Gasteiger partial charge is 0.495 e. The van der Waals surface area contributed by atoms with Gasteiger partial charge >= 0.3 is 0 Å². The van der Waals surface area contributed by atoms with E-state index in [4.69, 9.17) is 4.74 Å². The van der Waals surface area contributed by atoms with Crippen molar-refractivity contribution in [2.75, 3.05) is 24.3 Å². The van der Waals surface area contributed by atoms with Gasteiger partial charge in [-0.3, -0.25) is 9.59 Å². The first-order chi connectivity index (χ1) is 12.9. The molecule has 0 radical (unpaired) electrons. The van der Waals surface area contributed by atoms with Crippen LogP contribution in [0.15, 0.2) is 48.5 Å². The lowest BCUT2D eigenvalue weighted by Crippen LogP contribution is -2.41. The van der Waals surface area contributed by atoms with E-state index in [1.807, 2.05) is 44.2 Å². The molecule has 2 rings (SSSR count). The molecule has 0 saturated carbocycles. The Labute approximate surface area is 160 Å². The number of likely N-dealkylation sites (N-methyl/N-ethyl adjacent to an activating group) is 1. The monoisotopic (exact) mass is 369 g/mol. The van der Waals surface area contributed by atoms with Crippen molar-refractivity contribution in [3.05, 3.63) is 54.1 Å². The fraction of sp³-hybridized carbons (Fsp3) is 0.333. The van der Waals surface area contributed by atoms with E-state index < -0.39 is 6.04 Å². The molecule has 6 heteroatoms. The molecule has 6 nitrogen and oxygen atoms in total. The number of carbonyl (C=O) groups excluding carboxylic acids is 2. The highest BCUT2D eigenvalue weighted by atomic mass is 16.5. The quantitative estimate of drug-likeness (QED) is 0.747. The van der Waals surface area contributed by atoms with Crippen LogP contribution in [-0.4, -0.2) is 36.4 Å². The van der Waals surface area contributed by atoms with E-state index in [1.165, 1.54) is 6.92 Å². The summed E-state index contributed by atoms with van der Waals surface area (Å²) in [4.78, 5) is 26.0. The Morgan fingerprint density at radius 2 is 1.85 bits per heavy atom. The lowest BCUT2D eigenvalue weighted by molar-refractivity contribution is -0.132. The molecular weight excluding hydrogens is 342 g/mol. The Morgan fingerprint density at radius 1 is 1.15 bits per heavy atom. The van der Waals surface area contributed by atoms with Crippen molar-refractivity contribution in [3.8, 4) is 5.75 Å². The van der Waals surface area contributed by atoms with Crippen LogP contribution in [0.25, 0.3) is 0 Å². The van der Waals surface area contributed by atoms with Gasteiger partial charge in [0, 0.05) is 25.7 Å². The average molecular weight is 369 g/mol. The third-order valence-corrected chi connectivity index (χ3v) is 4.17. The number of ether oxygens (including phenoxy) is 1. The first-order valence-electron chi connectivity index (χ1n) is 8.99. The van der Waals surface area contributed by atoms with Gasteiger partial charge in [0.05, 0.1) is 12.8 Å². The molecule has 27 heavy (non-hydrogen) atoms. The number of nitrogens with one attached hydrogen (secondary N) is 2. The second-order valence-electron chi connectivity index (χ2n) is 6.30. The lowest BCUT2D eigenvalue weighted by atomic mass is 10.2. The van der Waals surface area contributed by atoms with E-state index in [-0.39, 0.29) is 11.8 Å². The van der Waals surface area contributed by atoms with Crippen LogP contribution in [0.4, 0.5) is 11.4 Å². The number of benzene rings is 2. The van der Waals surface area contributed by atoms with Crippen molar-refractivity contribution in [2.24, 2.45) is 0 Å². The highest BCUT2D eigenvalue weighted by molar-refractivity contribution is 5.90. The Hall–Kier alpha value is -3.02. The van der Waals surface area contributed by atoms with E-state index in [0.29, 0.717) is 30.2 Å². The van der Waals surface area contributed by atoms with Gasteiger partial charge < -0.3 is 20.3 Å².